The molecule has 9 heteroatoms. The summed E-state index contributed by atoms with van der Waals surface area (Å²) in [5, 5.41) is 2.90. The SMILES string of the molecule is Cc1ncsc1-c1ccc(CNC(=O)C2CC(=O)CN2C(=O)C(C(C)C)N2Cc3ccccc3C2=O)cc1. The fourth-order valence-corrected chi connectivity index (χ4v) is 6.08. The molecule has 38 heavy (non-hydrogen) atoms. The van der Waals surface area contributed by atoms with E-state index in [1.54, 1.807) is 28.4 Å². The van der Waals surface area contributed by atoms with Crippen molar-refractivity contribution < 1.29 is 19.2 Å². The number of benzene rings is 2. The summed E-state index contributed by atoms with van der Waals surface area (Å²) >= 11 is 1.58. The third-order valence-electron chi connectivity index (χ3n) is 7.23. The maximum absolute atomic E-state index is 13.8. The van der Waals surface area contributed by atoms with Gasteiger partial charge in [-0.05, 0) is 35.6 Å². The molecule has 1 N–H and O–H groups in total. The number of aromatic nitrogens is 1. The van der Waals surface area contributed by atoms with Gasteiger partial charge in [0.15, 0.2) is 5.78 Å². The average Bonchev–Trinajstić information content (AvgIpc) is 3.60. The summed E-state index contributed by atoms with van der Waals surface area (Å²) < 4.78 is 0. The van der Waals surface area contributed by atoms with Crippen LogP contribution in [-0.2, 0) is 27.5 Å². The average molecular weight is 531 g/mol. The van der Waals surface area contributed by atoms with Gasteiger partial charge in [0.1, 0.15) is 12.1 Å². The highest BCUT2D eigenvalue weighted by Crippen LogP contribution is 2.30. The molecule has 1 saturated heterocycles. The Morgan fingerprint density at radius 3 is 2.47 bits per heavy atom. The van der Waals surface area contributed by atoms with Crippen LogP contribution < -0.4 is 5.32 Å². The summed E-state index contributed by atoms with van der Waals surface area (Å²) in [5.74, 6) is -1.29. The minimum absolute atomic E-state index is 0.0276. The monoisotopic (exact) mass is 530 g/mol. The number of hydrogen-bond donors (Lipinski definition) is 1. The van der Waals surface area contributed by atoms with Gasteiger partial charge in [-0.3, -0.25) is 19.2 Å². The number of likely N-dealkylation sites (tertiary alicyclic amines) is 1. The lowest BCUT2D eigenvalue weighted by molar-refractivity contribution is -0.143. The molecule has 0 radical (unpaired) electrons. The van der Waals surface area contributed by atoms with Crippen molar-refractivity contribution in [2.75, 3.05) is 6.54 Å². The molecule has 0 aliphatic carbocycles. The number of carbonyl (C=O) groups excluding carboxylic acids is 4. The van der Waals surface area contributed by atoms with Crippen LogP contribution in [0.4, 0.5) is 0 Å². The number of Topliss-reactive ketones (excluding diaryl/α,β-unsaturated/α-hetero) is 1. The van der Waals surface area contributed by atoms with Gasteiger partial charge in [-0.25, -0.2) is 4.98 Å². The number of aryl methyl sites for hydroxylation is 1. The maximum Gasteiger partial charge on any atom is 0.255 e. The number of amides is 3. The molecule has 3 aromatic rings. The number of carbonyl (C=O) groups is 4. The normalized spacial score (nSPS) is 17.7. The second kappa shape index (κ2) is 10.5. The van der Waals surface area contributed by atoms with E-state index in [9.17, 15) is 19.2 Å². The van der Waals surface area contributed by atoms with Crippen molar-refractivity contribution in [3.05, 3.63) is 76.4 Å². The zero-order chi connectivity index (χ0) is 27.0. The van der Waals surface area contributed by atoms with Crippen LogP contribution in [0.25, 0.3) is 10.4 Å². The van der Waals surface area contributed by atoms with Gasteiger partial charge in [0.25, 0.3) is 5.91 Å². The van der Waals surface area contributed by atoms with Crippen molar-refractivity contribution in [1.29, 1.82) is 0 Å². The van der Waals surface area contributed by atoms with Crippen LogP contribution in [0.2, 0.25) is 0 Å². The predicted octanol–water partition coefficient (Wildman–Crippen LogP) is 3.59. The Kier molecular flexibility index (Phi) is 7.12. The van der Waals surface area contributed by atoms with Crippen LogP contribution in [-0.4, -0.2) is 56.9 Å². The number of fused-ring (bicyclic) bond motifs is 1. The Bertz CT molecular complexity index is 1400. The first-order chi connectivity index (χ1) is 18.2. The lowest BCUT2D eigenvalue weighted by atomic mass is 10.0. The van der Waals surface area contributed by atoms with Crippen molar-refractivity contribution in [3.63, 3.8) is 0 Å². The van der Waals surface area contributed by atoms with Gasteiger partial charge >= 0.3 is 0 Å². The molecule has 1 aromatic heterocycles. The van der Waals surface area contributed by atoms with Crippen LogP contribution in [0.5, 0.6) is 0 Å². The van der Waals surface area contributed by atoms with Crippen molar-refractivity contribution in [2.24, 2.45) is 5.92 Å². The maximum atomic E-state index is 13.8. The fourth-order valence-electron chi connectivity index (χ4n) is 5.27. The molecule has 0 saturated carbocycles. The van der Waals surface area contributed by atoms with Crippen LogP contribution in [0, 0.1) is 12.8 Å². The minimum Gasteiger partial charge on any atom is -0.350 e. The van der Waals surface area contributed by atoms with E-state index in [1.807, 2.05) is 62.7 Å². The van der Waals surface area contributed by atoms with Gasteiger partial charge in [0.2, 0.25) is 11.8 Å². The summed E-state index contributed by atoms with van der Waals surface area (Å²) in [5.41, 5.74) is 6.24. The molecule has 3 heterocycles. The zero-order valence-corrected chi connectivity index (χ0v) is 22.5. The van der Waals surface area contributed by atoms with Crippen LogP contribution in [0.3, 0.4) is 0 Å². The van der Waals surface area contributed by atoms with Crippen molar-refractivity contribution in [1.82, 2.24) is 20.1 Å². The lowest BCUT2D eigenvalue weighted by Crippen LogP contribution is -2.55. The molecule has 2 aromatic carbocycles. The highest BCUT2D eigenvalue weighted by molar-refractivity contribution is 7.13. The first-order valence-electron chi connectivity index (χ1n) is 12.7. The van der Waals surface area contributed by atoms with Gasteiger partial charge < -0.3 is 15.1 Å². The number of nitrogens with one attached hydrogen (secondary N) is 1. The highest BCUT2D eigenvalue weighted by atomic mass is 32.1. The fraction of sp³-hybridized carbons (Fsp3) is 0.345. The van der Waals surface area contributed by atoms with Gasteiger partial charge in [0.05, 0.1) is 22.6 Å². The largest absolute Gasteiger partial charge is 0.350 e. The summed E-state index contributed by atoms with van der Waals surface area (Å²) in [4.78, 5) is 60.8. The van der Waals surface area contributed by atoms with Crippen LogP contribution >= 0.6 is 11.3 Å². The lowest BCUT2D eigenvalue weighted by Gasteiger charge is -2.34. The van der Waals surface area contributed by atoms with E-state index in [0.29, 0.717) is 12.1 Å². The first kappa shape index (κ1) is 25.8. The van der Waals surface area contributed by atoms with E-state index >= 15 is 0 Å². The Hall–Kier alpha value is -3.85. The molecule has 2 aliphatic heterocycles. The highest BCUT2D eigenvalue weighted by Gasteiger charge is 2.45. The van der Waals surface area contributed by atoms with E-state index in [0.717, 1.165) is 27.3 Å². The summed E-state index contributed by atoms with van der Waals surface area (Å²) in [6, 6.07) is 13.6. The number of ketones is 1. The number of nitrogens with zero attached hydrogens (tertiary/aromatic N) is 3. The van der Waals surface area contributed by atoms with Crippen molar-refractivity contribution in [2.45, 2.75) is 52.4 Å². The Labute approximate surface area is 225 Å². The molecule has 2 aliphatic rings. The second-order valence-corrected chi connectivity index (χ2v) is 11.0. The molecule has 196 valence electrons. The standard InChI is InChI=1S/C29H30N4O4S/c1-17(2)25(33-14-21-6-4-5-7-23(21)28(33)36)29(37)32-15-22(34)12-24(32)27(35)30-13-19-8-10-20(11-9-19)26-18(3)31-16-38-26/h4-11,16-17,24-25H,12-15H2,1-3H3,(H,30,35). The van der Waals surface area contributed by atoms with Crippen LogP contribution in [0.1, 0.15) is 47.4 Å². The topological polar surface area (TPSA) is 99.7 Å². The number of hydrogen-bond acceptors (Lipinski definition) is 6. The summed E-state index contributed by atoms with van der Waals surface area (Å²) in [6.45, 7) is 6.21. The number of thiazole rings is 1. The molecule has 2 unspecified atom stereocenters. The smallest absolute Gasteiger partial charge is 0.255 e. The minimum atomic E-state index is -0.893. The zero-order valence-electron chi connectivity index (χ0n) is 21.6. The molecule has 0 bridgehead atoms. The van der Waals surface area contributed by atoms with Gasteiger partial charge in [0, 0.05) is 25.1 Å². The summed E-state index contributed by atoms with van der Waals surface area (Å²) in [6.07, 6.45) is -0.0276. The van der Waals surface area contributed by atoms with Crippen molar-refractivity contribution in [3.8, 4) is 10.4 Å². The summed E-state index contributed by atoms with van der Waals surface area (Å²) in [7, 11) is 0. The molecular formula is C29H30N4O4S. The van der Waals surface area contributed by atoms with E-state index in [2.05, 4.69) is 10.3 Å². The predicted molar refractivity (Wildman–Crippen MR) is 144 cm³/mol. The van der Waals surface area contributed by atoms with E-state index < -0.39 is 12.1 Å². The molecule has 3 amide bonds. The second-order valence-electron chi connectivity index (χ2n) is 10.2. The Morgan fingerprint density at radius 1 is 1.08 bits per heavy atom. The molecule has 8 nitrogen and oxygen atoms in total. The van der Waals surface area contributed by atoms with Gasteiger partial charge in [-0.15, -0.1) is 11.3 Å². The quantitative estimate of drug-likeness (QED) is 0.503. The number of rotatable bonds is 7. The van der Waals surface area contributed by atoms with E-state index in [1.165, 1.54) is 4.90 Å². The Balaban J connectivity index is 1.27. The third kappa shape index (κ3) is 4.86. The van der Waals surface area contributed by atoms with E-state index in [-0.39, 0.29) is 48.9 Å². The molecule has 0 spiro atoms. The van der Waals surface area contributed by atoms with E-state index in [4.69, 9.17) is 0 Å². The molecular weight excluding hydrogens is 500 g/mol. The van der Waals surface area contributed by atoms with Crippen molar-refractivity contribution >= 4 is 34.8 Å². The van der Waals surface area contributed by atoms with Crippen LogP contribution in [0.15, 0.2) is 54.0 Å². The Morgan fingerprint density at radius 2 is 1.82 bits per heavy atom. The third-order valence-corrected chi connectivity index (χ3v) is 8.21. The molecule has 2 atom stereocenters. The molecule has 5 rings (SSSR count). The van der Waals surface area contributed by atoms with Gasteiger partial charge in [-0.1, -0.05) is 56.3 Å². The van der Waals surface area contributed by atoms with Gasteiger partial charge in [-0.2, -0.15) is 0 Å². The molecule has 1 fully saturated rings. The first-order valence-corrected chi connectivity index (χ1v) is 13.6.